The number of aryl methyl sites for hydroxylation is 1. The maximum absolute atomic E-state index is 13.4. The number of ether oxygens (including phenoxy) is 1. The minimum absolute atomic E-state index is 0.0123. The molecular weight excluding hydrogens is 249 g/mol. The minimum atomic E-state index is -1.16. The number of halogens is 1. The lowest BCUT2D eigenvalue weighted by atomic mass is 10.1. The Morgan fingerprint density at radius 3 is 2.68 bits per heavy atom. The van der Waals surface area contributed by atoms with Crippen molar-refractivity contribution in [1.29, 1.82) is 0 Å². The van der Waals surface area contributed by atoms with Crippen LogP contribution in [0.2, 0.25) is 0 Å². The van der Waals surface area contributed by atoms with Gasteiger partial charge in [-0.05, 0) is 30.7 Å². The van der Waals surface area contributed by atoms with Crippen molar-refractivity contribution in [3.63, 3.8) is 0 Å². The second-order valence-corrected chi connectivity index (χ2v) is 4.04. The molecule has 5 heteroatoms. The van der Waals surface area contributed by atoms with Gasteiger partial charge in [0, 0.05) is 6.07 Å². The van der Waals surface area contributed by atoms with Gasteiger partial charge in [0.2, 0.25) is 0 Å². The van der Waals surface area contributed by atoms with Crippen molar-refractivity contribution in [2.75, 3.05) is 5.73 Å². The summed E-state index contributed by atoms with van der Waals surface area (Å²) in [5.74, 6) is -1.37. The van der Waals surface area contributed by atoms with Crippen molar-refractivity contribution in [2.24, 2.45) is 0 Å². The van der Waals surface area contributed by atoms with E-state index >= 15 is 0 Å². The highest BCUT2D eigenvalue weighted by Crippen LogP contribution is 2.32. The Bertz CT molecular complexity index is 641. The van der Waals surface area contributed by atoms with Crippen molar-refractivity contribution in [2.45, 2.75) is 6.92 Å². The highest BCUT2D eigenvalue weighted by Gasteiger charge is 2.15. The Labute approximate surface area is 109 Å². The van der Waals surface area contributed by atoms with Gasteiger partial charge in [0.25, 0.3) is 0 Å². The average Bonchev–Trinajstić information content (AvgIpc) is 2.36. The van der Waals surface area contributed by atoms with Gasteiger partial charge >= 0.3 is 5.97 Å². The number of hydrogen-bond acceptors (Lipinski definition) is 3. The molecule has 0 saturated heterocycles. The van der Waals surface area contributed by atoms with Crippen LogP contribution in [-0.2, 0) is 0 Å². The molecule has 2 aromatic carbocycles. The number of aromatic carboxylic acids is 1. The van der Waals surface area contributed by atoms with Crippen LogP contribution in [0.5, 0.6) is 11.5 Å². The third kappa shape index (κ3) is 2.65. The first-order valence-corrected chi connectivity index (χ1v) is 5.55. The van der Waals surface area contributed by atoms with Gasteiger partial charge in [0.15, 0.2) is 5.75 Å². The van der Waals surface area contributed by atoms with Gasteiger partial charge in [-0.3, -0.25) is 0 Å². The van der Waals surface area contributed by atoms with Gasteiger partial charge in [-0.1, -0.05) is 12.1 Å². The van der Waals surface area contributed by atoms with E-state index in [0.717, 1.165) is 0 Å². The molecule has 0 atom stereocenters. The Morgan fingerprint density at radius 2 is 2.05 bits per heavy atom. The van der Waals surface area contributed by atoms with Crippen LogP contribution >= 0.6 is 0 Å². The number of hydrogen-bond donors (Lipinski definition) is 2. The fourth-order valence-corrected chi connectivity index (χ4v) is 1.59. The number of carboxylic acids is 1. The molecule has 0 aliphatic carbocycles. The first kappa shape index (κ1) is 12.9. The molecule has 0 radical (unpaired) electrons. The maximum Gasteiger partial charge on any atom is 0.339 e. The first-order chi connectivity index (χ1) is 8.99. The third-order valence-electron chi connectivity index (χ3n) is 2.64. The summed E-state index contributed by atoms with van der Waals surface area (Å²) in [7, 11) is 0. The molecule has 0 spiro atoms. The number of rotatable bonds is 3. The summed E-state index contributed by atoms with van der Waals surface area (Å²) in [6.45, 7) is 1.62. The normalized spacial score (nSPS) is 10.2. The molecule has 0 aromatic heterocycles. The molecule has 0 bridgehead atoms. The van der Waals surface area contributed by atoms with Gasteiger partial charge in [-0.25, -0.2) is 9.18 Å². The van der Waals surface area contributed by atoms with E-state index < -0.39 is 11.8 Å². The smallest absolute Gasteiger partial charge is 0.339 e. The number of carboxylic acid groups (broad SMARTS) is 1. The number of nitrogen functional groups attached to an aromatic ring is 1. The molecule has 0 fully saturated rings. The molecule has 0 aliphatic rings. The summed E-state index contributed by atoms with van der Waals surface area (Å²) in [6, 6.07) is 8.69. The zero-order valence-corrected chi connectivity index (χ0v) is 10.2. The Kier molecular flexibility index (Phi) is 3.37. The molecule has 98 valence electrons. The molecular formula is C14H12FNO3. The molecule has 0 aliphatic heterocycles. The van der Waals surface area contributed by atoms with Gasteiger partial charge in [-0.15, -0.1) is 0 Å². The molecule has 2 aromatic rings. The predicted octanol–water partition coefficient (Wildman–Crippen LogP) is 3.21. The van der Waals surface area contributed by atoms with Gasteiger partial charge < -0.3 is 15.6 Å². The van der Waals surface area contributed by atoms with Gasteiger partial charge in [0.1, 0.15) is 17.1 Å². The standard InChI is InChI=1S/C14H12FNO3/c1-8-5-6-9(7-11(8)15)19-13-10(14(17)18)3-2-4-12(13)16/h2-7H,16H2,1H3,(H,17,18). The second-order valence-electron chi connectivity index (χ2n) is 4.04. The summed E-state index contributed by atoms with van der Waals surface area (Å²) in [5, 5.41) is 9.06. The van der Waals surface area contributed by atoms with E-state index in [4.69, 9.17) is 15.6 Å². The molecule has 19 heavy (non-hydrogen) atoms. The largest absolute Gasteiger partial charge is 0.478 e. The third-order valence-corrected chi connectivity index (χ3v) is 2.64. The number of carbonyl (C=O) groups is 1. The van der Waals surface area contributed by atoms with E-state index in [1.165, 1.54) is 24.3 Å². The highest BCUT2D eigenvalue weighted by atomic mass is 19.1. The quantitative estimate of drug-likeness (QED) is 0.832. The van der Waals surface area contributed by atoms with Gasteiger partial charge in [0.05, 0.1) is 5.69 Å². The molecule has 0 unspecified atom stereocenters. The lowest BCUT2D eigenvalue weighted by Crippen LogP contribution is -2.03. The molecule has 0 saturated carbocycles. The van der Waals surface area contributed by atoms with Crippen LogP contribution in [0.25, 0.3) is 0 Å². The summed E-state index contributed by atoms with van der Waals surface area (Å²) in [4.78, 5) is 11.1. The molecule has 2 rings (SSSR count). The zero-order chi connectivity index (χ0) is 14.0. The first-order valence-electron chi connectivity index (χ1n) is 5.55. The van der Waals surface area contributed by atoms with E-state index in [0.29, 0.717) is 5.56 Å². The van der Waals surface area contributed by atoms with Crippen LogP contribution < -0.4 is 10.5 Å². The summed E-state index contributed by atoms with van der Waals surface area (Å²) >= 11 is 0. The van der Waals surface area contributed by atoms with Crippen LogP contribution in [0.3, 0.4) is 0 Å². The molecule has 0 amide bonds. The van der Waals surface area contributed by atoms with Crippen LogP contribution in [0.15, 0.2) is 36.4 Å². The topological polar surface area (TPSA) is 72.5 Å². The molecule has 0 heterocycles. The number of anilines is 1. The van der Waals surface area contributed by atoms with Crippen molar-refractivity contribution in [1.82, 2.24) is 0 Å². The minimum Gasteiger partial charge on any atom is -0.478 e. The zero-order valence-electron chi connectivity index (χ0n) is 10.2. The number of nitrogens with two attached hydrogens (primary N) is 1. The fourth-order valence-electron chi connectivity index (χ4n) is 1.59. The predicted molar refractivity (Wildman–Crippen MR) is 69.0 cm³/mol. The van der Waals surface area contributed by atoms with E-state index in [1.54, 1.807) is 19.1 Å². The Balaban J connectivity index is 2.42. The van der Waals surface area contributed by atoms with Crippen molar-refractivity contribution < 1.29 is 19.0 Å². The van der Waals surface area contributed by atoms with Crippen molar-refractivity contribution in [3.05, 3.63) is 53.3 Å². The van der Waals surface area contributed by atoms with Gasteiger partial charge in [-0.2, -0.15) is 0 Å². The lowest BCUT2D eigenvalue weighted by Gasteiger charge is -2.11. The number of para-hydroxylation sites is 1. The SMILES string of the molecule is Cc1ccc(Oc2c(N)cccc2C(=O)O)cc1F. The summed E-state index contributed by atoms with van der Waals surface area (Å²) in [5.41, 5.74) is 6.28. The Hall–Kier alpha value is -2.56. The average molecular weight is 261 g/mol. The molecule has 3 N–H and O–H groups in total. The van der Waals surface area contributed by atoms with E-state index in [2.05, 4.69) is 0 Å². The van der Waals surface area contributed by atoms with E-state index in [9.17, 15) is 9.18 Å². The van der Waals surface area contributed by atoms with Crippen LogP contribution in [0.4, 0.5) is 10.1 Å². The van der Waals surface area contributed by atoms with E-state index in [-0.39, 0.29) is 22.7 Å². The monoisotopic (exact) mass is 261 g/mol. The number of benzene rings is 2. The Morgan fingerprint density at radius 1 is 1.32 bits per heavy atom. The lowest BCUT2D eigenvalue weighted by molar-refractivity contribution is 0.0694. The fraction of sp³-hybridized carbons (Fsp3) is 0.0714. The van der Waals surface area contributed by atoms with Crippen molar-refractivity contribution in [3.8, 4) is 11.5 Å². The van der Waals surface area contributed by atoms with Crippen molar-refractivity contribution >= 4 is 11.7 Å². The molecule has 4 nitrogen and oxygen atoms in total. The second kappa shape index (κ2) is 4.97. The van der Waals surface area contributed by atoms with E-state index in [1.807, 2.05) is 0 Å². The summed E-state index contributed by atoms with van der Waals surface area (Å²) < 4.78 is 18.8. The highest BCUT2D eigenvalue weighted by molar-refractivity contribution is 5.93. The summed E-state index contributed by atoms with van der Waals surface area (Å²) in [6.07, 6.45) is 0. The van der Waals surface area contributed by atoms with Crippen LogP contribution in [0.1, 0.15) is 15.9 Å². The van der Waals surface area contributed by atoms with Crippen LogP contribution in [-0.4, -0.2) is 11.1 Å². The maximum atomic E-state index is 13.4. The van der Waals surface area contributed by atoms with Crippen LogP contribution in [0, 0.1) is 12.7 Å².